The quantitative estimate of drug-likeness (QED) is 0.503. The lowest BCUT2D eigenvalue weighted by molar-refractivity contribution is 0.295. The summed E-state index contributed by atoms with van der Waals surface area (Å²) >= 11 is 0. The lowest BCUT2D eigenvalue weighted by Crippen LogP contribution is -2.29. The van der Waals surface area contributed by atoms with Gasteiger partial charge >= 0.3 is 0 Å². The van der Waals surface area contributed by atoms with Crippen LogP contribution in [0.4, 0.5) is 0 Å². The van der Waals surface area contributed by atoms with Crippen LogP contribution in [0, 0.1) is 7.05 Å². The summed E-state index contributed by atoms with van der Waals surface area (Å²) in [6, 6.07) is 0.738. The number of nitrogens with zero attached hydrogens (tertiary/aromatic N) is 2. The molecule has 1 rings (SSSR count). The van der Waals surface area contributed by atoms with Crippen molar-refractivity contribution in [2.45, 2.75) is 12.5 Å². The molecule has 0 aromatic carbocycles. The van der Waals surface area contributed by atoms with Gasteiger partial charge in [-0.15, -0.1) is 0 Å². The second kappa shape index (κ2) is 2.67. The molecule has 1 aliphatic rings. The first-order chi connectivity index (χ1) is 4.20. The summed E-state index contributed by atoms with van der Waals surface area (Å²) in [5.74, 6) is 0. The number of hydrogen-bond acceptors (Lipinski definition) is 2. The van der Waals surface area contributed by atoms with Gasteiger partial charge in [-0.2, -0.15) is 0 Å². The molecule has 0 amide bonds. The molecule has 0 N–H and O–H groups in total. The van der Waals surface area contributed by atoms with E-state index in [-0.39, 0.29) is 0 Å². The van der Waals surface area contributed by atoms with Gasteiger partial charge in [0, 0.05) is 19.6 Å². The highest BCUT2D eigenvalue weighted by molar-refractivity contribution is 4.79. The molecule has 0 aromatic rings. The number of rotatable bonds is 1. The fourth-order valence-electron chi connectivity index (χ4n) is 1.23. The Morgan fingerprint density at radius 3 is 2.44 bits per heavy atom. The summed E-state index contributed by atoms with van der Waals surface area (Å²) in [4.78, 5) is 4.40. The Morgan fingerprint density at radius 1 is 1.56 bits per heavy atom. The van der Waals surface area contributed by atoms with Gasteiger partial charge in [-0.05, 0) is 27.1 Å². The van der Waals surface area contributed by atoms with E-state index in [4.69, 9.17) is 0 Å². The highest BCUT2D eigenvalue weighted by atomic mass is 15.2. The Balaban J connectivity index is 2.30. The van der Waals surface area contributed by atoms with Crippen molar-refractivity contribution in [2.75, 3.05) is 27.2 Å². The van der Waals surface area contributed by atoms with Crippen LogP contribution < -0.4 is 0 Å². The summed E-state index contributed by atoms with van der Waals surface area (Å²) in [6.07, 6.45) is 1.27. The average molecular weight is 127 g/mol. The minimum atomic E-state index is 0.738. The van der Waals surface area contributed by atoms with E-state index < -0.39 is 0 Å². The molecular weight excluding hydrogens is 112 g/mol. The van der Waals surface area contributed by atoms with Crippen molar-refractivity contribution in [1.29, 1.82) is 0 Å². The van der Waals surface area contributed by atoms with Gasteiger partial charge in [0.05, 0.1) is 0 Å². The molecule has 0 saturated carbocycles. The number of likely N-dealkylation sites (N-methyl/N-ethyl adjacent to an activating group) is 1. The van der Waals surface area contributed by atoms with Crippen molar-refractivity contribution < 1.29 is 0 Å². The Morgan fingerprint density at radius 2 is 2.22 bits per heavy atom. The molecule has 9 heavy (non-hydrogen) atoms. The minimum absolute atomic E-state index is 0.738. The maximum atomic E-state index is 3.88. The molecule has 1 atom stereocenters. The van der Waals surface area contributed by atoms with E-state index in [1.165, 1.54) is 6.42 Å². The molecule has 0 bridgehead atoms. The second-order valence-electron chi connectivity index (χ2n) is 2.98. The van der Waals surface area contributed by atoms with Crippen LogP contribution in [-0.4, -0.2) is 43.0 Å². The van der Waals surface area contributed by atoms with E-state index in [0.29, 0.717) is 0 Å². The zero-order valence-corrected chi connectivity index (χ0v) is 6.30. The predicted octanol–water partition coefficient (Wildman–Crippen LogP) is 0.414. The number of hydrogen-bond donors (Lipinski definition) is 0. The molecule has 0 aliphatic carbocycles. The van der Waals surface area contributed by atoms with Gasteiger partial charge < -0.3 is 9.80 Å². The third kappa shape index (κ3) is 1.66. The van der Waals surface area contributed by atoms with Crippen LogP contribution in [0.3, 0.4) is 0 Å². The summed E-state index contributed by atoms with van der Waals surface area (Å²) in [5.41, 5.74) is 0. The fraction of sp³-hybridized carbons (Fsp3) is 0.857. The van der Waals surface area contributed by atoms with Crippen LogP contribution in [0.5, 0.6) is 0 Å². The summed E-state index contributed by atoms with van der Waals surface area (Å²) < 4.78 is 0. The first-order valence-electron chi connectivity index (χ1n) is 3.42. The lowest BCUT2D eigenvalue weighted by atomic mass is 10.2. The van der Waals surface area contributed by atoms with E-state index in [2.05, 4.69) is 30.9 Å². The van der Waals surface area contributed by atoms with Crippen molar-refractivity contribution >= 4 is 0 Å². The maximum absolute atomic E-state index is 3.88. The largest absolute Gasteiger partial charge is 0.305 e. The van der Waals surface area contributed by atoms with E-state index in [0.717, 1.165) is 19.1 Å². The van der Waals surface area contributed by atoms with Gasteiger partial charge in [0.1, 0.15) is 0 Å². The smallest absolute Gasteiger partial charge is 0.0229 e. The fourth-order valence-corrected chi connectivity index (χ4v) is 1.23. The van der Waals surface area contributed by atoms with E-state index in [1.54, 1.807) is 0 Å². The van der Waals surface area contributed by atoms with Gasteiger partial charge in [0.2, 0.25) is 0 Å². The Labute approximate surface area is 57.4 Å². The molecule has 2 nitrogen and oxygen atoms in total. The predicted molar refractivity (Wildman–Crippen MR) is 39.0 cm³/mol. The highest BCUT2D eigenvalue weighted by Gasteiger charge is 2.20. The first-order valence-corrected chi connectivity index (χ1v) is 3.42. The third-order valence-corrected chi connectivity index (χ3v) is 1.98. The zero-order chi connectivity index (χ0) is 6.85. The van der Waals surface area contributed by atoms with Crippen molar-refractivity contribution in [3.05, 3.63) is 7.05 Å². The van der Waals surface area contributed by atoms with Gasteiger partial charge in [-0.25, -0.2) is 0 Å². The van der Waals surface area contributed by atoms with Gasteiger partial charge in [-0.3, -0.25) is 0 Å². The van der Waals surface area contributed by atoms with Crippen molar-refractivity contribution in [3.8, 4) is 0 Å². The lowest BCUT2D eigenvalue weighted by Gasteiger charge is -2.17. The van der Waals surface area contributed by atoms with E-state index >= 15 is 0 Å². The highest BCUT2D eigenvalue weighted by Crippen LogP contribution is 2.10. The Bertz CT molecular complexity index is 90.9. The summed E-state index contributed by atoms with van der Waals surface area (Å²) in [7, 11) is 8.13. The van der Waals surface area contributed by atoms with E-state index in [9.17, 15) is 0 Å². The summed E-state index contributed by atoms with van der Waals surface area (Å²) in [5, 5.41) is 0. The first kappa shape index (κ1) is 7.03. The molecule has 0 unspecified atom stereocenters. The van der Waals surface area contributed by atoms with Gasteiger partial charge in [0.15, 0.2) is 0 Å². The Hall–Kier alpha value is -0.0800. The third-order valence-electron chi connectivity index (χ3n) is 1.98. The molecular formula is C7H15N2. The monoisotopic (exact) mass is 127 g/mol. The van der Waals surface area contributed by atoms with Crippen LogP contribution in [0.25, 0.3) is 0 Å². The van der Waals surface area contributed by atoms with Crippen molar-refractivity contribution in [1.82, 2.24) is 9.80 Å². The van der Waals surface area contributed by atoms with Crippen LogP contribution >= 0.6 is 0 Å². The molecule has 2 heteroatoms. The molecule has 0 aromatic heterocycles. The molecule has 53 valence electrons. The van der Waals surface area contributed by atoms with Crippen LogP contribution in [0.2, 0.25) is 0 Å². The topological polar surface area (TPSA) is 6.48 Å². The Kier molecular flexibility index (Phi) is 2.09. The SMILES string of the molecule is [CH2]N1CC[C@H](N(C)C)C1. The molecule has 1 saturated heterocycles. The molecule has 1 fully saturated rings. The maximum Gasteiger partial charge on any atom is 0.0229 e. The molecule has 1 heterocycles. The molecule has 1 aliphatic heterocycles. The summed E-state index contributed by atoms with van der Waals surface area (Å²) in [6.45, 7) is 2.29. The van der Waals surface area contributed by atoms with E-state index in [1.807, 2.05) is 0 Å². The van der Waals surface area contributed by atoms with Gasteiger partial charge in [-0.1, -0.05) is 0 Å². The minimum Gasteiger partial charge on any atom is -0.305 e. The molecule has 0 spiro atoms. The van der Waals surface area contributed by atoms with Crippen LogP contribution in [-0.2, 0) is 0 Å². The van der Waals surface area contributed by atoms with Gasteiger partial charge in [0.25, 0.3) is 0 Å². The average Bonchev–Trinajstić information content (AvgIpc) is 2.14. The van der Waals surface area contributed by atoms with Crippen LogP contribution in [0.15, 0.2) is 0 Å². The zero-order valence-electron chi connectivity index (χ0n) is 6.30. The van der Waals surface area contributed by atoms with Crippen molar-refractivity contribution in [2.24, 2.45) is 0 Å². The molecule has 1 radical (unpaired) electrons. The van der Waals surface area contributed by atoms with Crippen LogP contribution in [0.1, 0.15) is 6.42 Å². The second-order valence-corrected chi connectivity index (χ2v) is 2.98. The normalized spacial score (nSPS) is 30.0. The standard InChI is InChI=1S/C7H15N2/c1-8(2)7-4-5-9(3)6-7/h7H,3-6H2,1-2H3/t7-/m0/s1. The van der Waals surface area contributed by atoms with Crippen molar-refractivity contribution in [3.63, 3.8) is 0 Å². The number of likely N-dealkylation sites (tertiary alicyclic amines) is 1.